The second-order valence-electron chi connectivity index (χ2n) is 5.24. The standard InChI is InChI=1S/C17H18O4/c18-17(19)15-8-7-12-4-1-2-6-14(12)16(15)21-11-9-13-5-3-10-20-13/h1-2,4,6-8,13H,3,5,9-11H2,(H,18,19). The van der Waals surface area contributed by atoms with Gasteiger partial charge in [-0.15, -0.1) is 0 Å². The van der Waals surface area contributed by atoms with Gasteiger partial charge in [0.2, 0.25) is 0 Å². The largest absolute Gasteiger partial charge is 0.492 e. The summed E-state index contributed by atoms with van der Waals surface area (Å²) in [5.74, 6) is -0.508. The number of hydrogen-bond acceptors (Lipinski definition) is 3. The van der Waals surface area contributed by atoms with Crippen LogP contribution in [0.15, 0.2) is 36.4 Å². The number of hydrogen-bond donors (Lipinski definition) is 1. The third kappa shape index (κ3) is 3.00. The Kier molecular flexibility index (Phi) is 4.06. The van der Waals surface area contributed by atoms with Gasteiger partial charge < -0.3 is 14.6 Å². The summed E-state index contributed by atoms with van der Waals surface area (Å²) in [6, 6.07) is 11.1. The second kappa shape index (κ2) is 6.14. The van der Waals surface area contributed by atoms with Gasteiger partial charge in [0, 0.05) is 18.4 Å². The van der Waals surface area contributed by atoms with Gasteiger partial charge in [0.25, 0.3) is 0 Å². The Morgan fingerprint density at radius 3 is 2.90 bits per heavy atom. The van der Waals surface area contributed by atoms with Gasteiger partial charge in [-0.1, -0.05) is 30.3 Å². The smallest absolute Gasteiger partial charge is 0.339 e. The lowest BCUT2D eigenvalue weighted by molar-refractivity contribution is 0.0689. The maximum Gasteiger partial charge on any atom is 0.339 e. The third-order valence-corrected chi connectivity index (χ3v) is 3.82. The fourth-order valence-electron chi connectivity index (χ4n) is 2.73. The highest BCUT2D eigenvalue weighted by Gasteiger charge is 2.18. The van der Waals surface area contributed by atoms with E-state index in [4.69, 9.17) is 9.47 Å². The molecule has 2 aromatic carbocycles. The maximum absolute atomic E-state index is 11.4. The minimum Gasteiger partial charge on any atom is -0.492 e. The van der Waals surface area contributed by atoms with Crippen LogP contribution in [0.25, 0.3) is 10.8 Å². The zero-order valence-electron chi connectivity index (χ0n) is 11.7. The Balaban J connectivity index is 1.83. The van der Waals surface area contributed by atoms with Crippen LogP contribution in [0.3, 0.4) is 0 Å². The lowest BCUT2D eigenvalue weighted by Gasteiger charge is -2.14. The molecule has 110 valence electrons. The predicted octanol–water partition coefficient (Wildman–Crippen LogP) is 3.49. The first-order valence-corrected chi connectivity index (χ1v) is 7.25. The highest BCUT2D eigenvalue weighted by atomic mass is 16.5. The fourth-order valence-corrected chi connectivity index (χ4v) is 2.73. The molecule has 4 heteroatoms. The van der Waals surface area contributed by atoms with E-state index in [9.17, 15) is 9.90 Å². The van der Waals surface area contributed by atoms with E-state index in [2.05, 4.69) is 0 Å². The molecule has 0 aliphatic carbocycles. The van der Waals surface area contributed by atoms with E-state index in [1.54, 1.807) is 6.07 Å². The number of carbonyl (C=O) groups is 1. The van der Waals surface area contributed by atoms with Crippen LogP contribution in [0, 0.1) is 0 Å². The van der Waals surface area contributed by atoms with Gasteiger partial charge in [-0.2, -0.15) is 0 Å². The molecule has 0 radical (unpaired) electrons. The molecule has 1 saturated heterocycles. The number of carboxylic acids is 1. The summed E-state index contributed by atoms with van der Waals surface area (Å²) in [7, 11) is 0. The maximum atomic E-state index is 11.4. The molecule has 2 aromatic rings. The van der Waals surface area contributed by atoms with Crippen molar-refractivity contribution in [2.24, 2.45) is 0 Å². The van der Waals surface area contributed by atoms with E-state index in [1.165, 1.54) is 0 Å². The topological polar surface area (TPSA) is 55.8 Å². The first kappa shape index (κ1) is 13.9. The van der Waals surface area contributed by atoms with Gasteiger partial charge >= 0.3 is 5.97 Å². The van der Waals surface area contributed by atoms with Crippen LogP contribution in [-0.2, 0) is 4.74 Å². The Hall–Kier alpha value is -2.07. The molecule has 1 fully saturated rings. The number of rotatable bonds is 5. The van der Waals surface area contributed by atoms with Crippen molar-refractivity contribution in [1.82, 2.24) is 0 Å². The van der Waals surface area contributed by atoms with Crippen molar-refractivity contribution in [1.29, 1.82) is 0 Å². The fraction of sp³-hybridized carbons (Fsp3) is 0.353. The van der Waals surface area contributed by atoms with Crippen LogP contribution in [0.2, 0.25) is 0 Å². The molecule has 3 rings (SSSR count). The molecular weight excluding hydrogens is 268 g/mol. The molecule has 4 nitrogen and oxygen atoms in total. The van der Waals surface area contributed by atoms with Crippen molar-refractivity contribution in [2.45, 2.75) is 25.4 Å². The van der Waals surface area contributed by atoms with Crippen LogP contribution >= 0.6 is 0 Å². The van der Waals surface area contributed by atoms with Gasteiger partial charge in [0.05, 0.1) is 12.7 Å². The minimum atomic E-state index is -0.965. The van der Waals surface area contributed by atoms with Crippen molar-refractivity contribution in [3.63, 3.8) is 0 Å². The van der Waals surface area contributed by atoms with E-state index in [-0.39, 0.29) is 11.7 Å². The van der Waals surface area contributed by atoms with Crippen molar-refractivity contribution in [3.8, 4) is 5.75 Å². The van der Waals surface area contributed by atoms with Crippen molar-refractivity contribution in [2.75, 3.05) is 13.2 Å². The molecule has 0 spiro atoms. The number of benzene rings is 2. The van der Waals surface area contributed by atoms with E-state index in [1.807, 2.05) is 30.3 Å². The zero-order valence-corrected chi connectivity index (χ0v) is 11.7. The van der Waals surface area contributed by atoms with Gasteiger partial charge in [-0.05, 0) is 24.3 Å². The highest BCUT2D eigenvalue weighted by molar-refractivity contribution is 6.00. The van der Waals surface area contributed by atoms with Gasteiger partial charge in [-0.3, -0.25) is 0 Å². The number of ether oxygens (including phenoxy) is 2. The molecule has 1 heterocycles. The molecule has 1 atom stereocenters. The van der Waals surface area contributed by atoms with Crippen LogP contribution in [-0.4, -0.2) is 30.4 Å². The van der Waals surface area contributed by atoms with Crippen LogP contribution < -0.4 is 4.74 Å². The van der Waals surface area contributed by atoms with Crippen LogP contribution in [0.5, 0.6) is 5.75 Å². The van der Waals surface area contributed by atoms with Crippen molar-refractivity contribution in [3.05, 3.63) is 42.0 Å². The summed E-state index contributed by atoms with van der Waals surface area (Å²) >= 11 is 0. The molecule has 1 N–H and O–H groups in total. The monoisotopic (exact) mass is 286 g/mol. The average molecular weight is 286 g/mol. The molecule has 1 aliphatic heterocycles. The Morgan fingerprint density at radius 1 is 1.29 bits per heavy atom. The molecule has 0 amide bonds. The van der Waals surface area contributed by atoms with E-state index >= 15 is 0 Å². The van der Waals surface area contributed by atoms with Gasteiger partial charge in [-0.25, -0.2) is 4.79 Å². The normalized spacial score (nSPS) is 18.0. The Labute approximate surface area is 123 Å². The third-order valence-electron chi connectivity index (χ3n) is 3.82. The molecule has 0 aromatic heterocycles. The average Bonchev–Trinajstić information content (AvgIpc) is 3.00. The molecule has 0 bridgehead atoms. The van der Waals surface area contributed by atoms with Gasteiger partial charge in [0.1, 0.15) is 11.3 Å². The molecule has 1 unspecified atom stereocenters. The Morgan fingerprint density at radius 2 is 2.14 bits per heavy atom. The summed E-state index contributed by atoms with van der Waals surface area (Å²) in [6.45, 7) is 1.29. The van der Waals surface area contributed by atoms with E-state index < -0.39 is 5.97 Å². The summed E-state index contributed by atoms with van der Waals surface area (Å²) in [5, 5.41) is 11.2. The highest BCUT2D eigenvalue weighted by Crippen LogP contribution is 2.30. The number of fused-ring (bicyclic) bond motifs is 1. The van der Waals surface area contributed by atoms with Crippen molar-refractivity contribution < 1.29 is 19.4 Å². The van der Waals surface area contributed by atoms with E-state index in [0.29, 0.717) is 12.4 Å². The Bertz CT molecular complexity index is 644. The first-order valence-electron chi connectivity index (χ1n) is 7.25. The lowest BCUT2D eigenvalue weighted by Crippen LogP contribution is -2.12. The van der Waals surface area contributed by atoms with Crippen LogP contribution in [0.1, 0.15) is 29.6 Å². The minimum absolute atomic E-state index is 0.209. The summed E-state index contributed by atoms with van der Waals surface area (Å²) < 4.78 is 11.4. The number of carboxylic acid groups (broad SMARTS) is 1. The molecule has 0 saturated carbocycles. The first-order chi connectivity index (χ1) is 10.3. The summed E-state index contributed by atoms with van der Waals surface area (Å²) in [4.78, 5) is 11.4. The van der Waals surface area contributed by atoms with Crippen LogP contribution in [0.4, 0.5) is 0 Å². The molecule has 1 aliphatic rings. The predicted molar refractivity (Wildman–Crippen MR) is 80.0 cm³/mol. The summed E-state index contributed by atoms with van der Waals surface area (Å²) in [5.41, 5.74) is 0.209. The quantitative estimate of drug-likeness (QED) is 0.914. The van der Waals surface area contributed by atoms with Gasteiger partial charge in [0.15, 0.2) is 0 Å². The SMILES string of the molecule is O=C(O)c1ccc2ccccc2c1OCCC1CCCO1. The second-order valence-corrected chi connectivity index (χ2v) is 5.24. The molecular formula is C17H18O4. The van der Waals surface area contributed by atoms with Crippen molar-refractivity contribution >= 4 is 16.7 Å². The van der Waals surface area contributed by atoms with E-state index in [0.717, 1.165) is 36.6 Å². The zero-order chi connectivity index (χ0) is 14.7. The molecule has 21 heavy (non-hydrogen) atoms. The summed E-state index contributed by atoms with van der Waals surface area (Å²) in [6.07, 6.45) is 3.19. The lowest BCUT2D eigenvalue weighted by atomic mass is 10.1. The number of aromatic carboxylic acids is 1.